The topological polar surface area (TPSA) is 63.2 Å². The van der Waals surface area contributed by atoms with Crippen LogP contribution in [0.15, 0.2) is 59.3 Å². The fraction of sp³-hybridized carbons (Fsp3) is 0.0556. The van der Waals surface area contributed by atoms with Crippen LogP contribution in [0.1, 0.15) is 26.3 Å². The van der Waals surface area contributed by atoms with Crippen molar-refractivity contribution < 1.29 is 18.8 Å². The van der Waals surface area contributed by atoms with Crippen LogP contribution in [0, 0.1) is 5.82 Å². The average molecular weight is 344 g/mol. The van der Waals surface area contributed by atoms with Crippen LogP contribution in [0.2, 0.25) is 0 Å². The zero-order chi connectivity index (χ0) is 17.3. The van der Waals surface area contributed by atoms with Crippen molar-refractivity contribution in [2.24, 2.45) is 0 Å². The van der Waals surface area contributed by atoms with Gasteiger partial charge in [0.15, 0.2) is 0 Å². The number of carbonyl (C=O) groups is 3. The molecule has 0 unspecified atom stereocenters. The Kier molecular flexibility index (Phi) is 4.27. The van der Waals surface area contributed by atoms with Crippen LogP contribution in [0.3, 0.4) is 0 Å². The van der Waals surface area contributed by atoms with Crippen molar-refractivity contribution >= 4 is 29.1 Å². The molecule has 0 atom stereocenters. The van der Waals surface area contributed by atoms with E-state index in [9.17, 15) is 18.8 Å². The summed E-state index contributed by atoms with van der Waals surface area (Å²) >= 11 is 5.97. The number of ketones is 2. The van der Waals surface area contributed by atoms with E-state index in [0.29, 0.717) is 5.56 Å². The van der Waals surface area contributed by atoms with Crippen LogP contribution in [0.4, 0.5) is 4.39 Å². The molecule has 2 aromatic carbocycles. The van der Waals surface area contributed by atoms with Gasteiger partial charge in [-0.1, -0.05) is 48.0 Å². The van der Waals surface area contributed by atoms with E-state index in [4.69, 9.17) is 11.6 Å². The molecule has 4 nitrogen and oxygen atoms in total. The third-order valence-corrected chi connectivity index (χ3v) is 3.97. The number of Topliss-reactive ketones (excluding diaryl/α,β-unsaturated/α-hetero) is 2. The van der Waals surface area contributed by atoms with Gasteiger partial charge in [0.1, 0.15) is 16.5 Å². The second-order valence-electron chi connectivity index (χ2n) is 5.24. The van der Waals surface area contributed by atoms with Gasteiger partial charge in [0.25, 0.3) is 0 Å². The number of halogens is 2. The summed E-state index contributed by atoms with van der Waals surface area (Å²) < 4.78 is 12.9. The normalized spacial score (nSPS) is 13.8. The number of carbonyl (C=O) groups excluding carboxylic acids is 3. The minimum absolute atomic E-state index is 0.0724. The first-order valence-corrected chi connectivity index (χ1v) is 7.47. The molecule has 0 bridgehead atoms. The quantitative estimate of drug-likeness (QED) is 0.931. The molecule has 6 heteroatoms. The zero-order valence-corrected chi connectivity index (χ0v) is 13.1. The van der Waals surface area contributed by atoms with Gasteiger partial charge in [-0.3, -0.25) is 14.4 Å². The highest BCUT2D eigenvalue weighted by Crippen LogP contribution is 2.27. The van der Waals surface area contributed by atoms with Crippen molar-refractivity contribution in [2.75, 3.05) is 0 Å². The summed E-state index contributed by atoms with van der Waals surface area (Å²) in [6.07, 6.45) is -0.0724. The Hall–Kier alpha value is -2.79. The third kappa shape index (κ3) is 2.98. The maximum absolute atomic E-state index is 12.9. The molecule has 120 valence electrons. The van der Waals surface area contributed by atoms with Crippen LogP contribution < -0.4 is 5.32 Å². The molecule has 0 radical (unpaired) electrons. The summed E-state index contributed by atoms with van der Waals surface area (Å²) in [4.78, 5) is 36.8. The van der Waals surface area contributed by atoms with E-state index in [1.165, 1.54) is 36.4 Å². The van der Waals surface area contributed by atoms with Gasteiger partial charge in [-0.2, -0.15) is 0 Å². The zero-order valence-electron chi connectivity index (χ0n) is 12.3. The maximum Gasteiger partial charge on any atom is 0.228 e. The first kappa shape index (κ1) is 16.1. The number of allylic oxidation sites excluding steroid dienone is 2. The van der Waals surface area contributed by atoms with Gasteiger partial charge in [0, 0.05) is 11.1 Å². The van der Waals surface area contributed by atoms with Crippen LogP contribution >= 0.6 is 11.6 Å². The van der Waals surface area contributed by atoms with Crippen molar-refractivity contribution in [1.29, 1.82) is 0 Å². The number of rotatable bonds is 3. The summed E-state index contributed by atoms with van der Waals surface area (Å²) in [7, 11) is 0. The lowest BCUT2D eigenvalue weighted by Gasteiger charge is -2.18. The predicted octanol–water partition coefficient (Wildman–Crippen LogP) is 3.01. The minimum atomic E-state index is -0.518. The molecule has 0 fully saturated rings. The first-order valence-electron chi connectivity index (χ1n) is 7.10. The SMILES string of the molecule is O=C(Cc1ccc(F)cc1)NC1=C(Cl)C(=O)c2ccccc2C1=O. The Morgan fingerprint density at radius 3 is 2.17 bits per heavy atom. The predicted molar refractivity (Wildman–Crippen MR) is 86.2 cm³/mol. The van der Waals surface area contributed by atoms with Gasteiger partial charge in [-0.25, -0.2) is 4.39 Å². The van der Waals surface area contributed by atoms with Crippen molar-refractivity contribution in [3.63, 3.8) is 0 Å². The Morgan fingerprint density at radius 1 is 0.958 bits per heavy atom. The minimum Gasteiger partial charge on any atom is -0.321 e. The number of amides is 1. The molecular formula is C18H11ClFNO3. The summed E-state index contributed by atoms with van der Waals surface area (Å²) in [5, 5.41) is 2.08. The van der Waals surface area contributed by atoms with Gasteiger partial charge in [0.2, 0.25) is 17.5 Å². The molecule has 1 aliphatic rings. The van der Waals surface area contributed by atoms with Gasteiger partial charge in [-0.05, 0) is 17.7 Å². The number of hydrogen-bond donors (Lipinski definition) is 1. The smallest absolute Gasteiger partial charge is 0.228 e. The monoisotopic (exact) mass is 343 g/mol. The number of hydrogen-bond acceptors (Lipinski definition) is 3. The largest absolute Gasteiger partial charge is 0.321 e. The molecule has 1 N–H and O–H groups in total. The van der Waals surface area contributed by atoms with Crippen LogP contribution in [-0.4, -0.2) is 17.5 Å². The van der Waals surface area contributed by atoms with Crippen molar-refractivity contribution in [2.45, 2.75) is 6.42 Å². The highest BCUT2D eigenvalue weighted by molar-refractivity contribution is 6.50. The lowest BCUT2D eigenvalue weighted by molar-refractivity contribution is -0.119. The standard InChI is InChI=1S/C18H11ClFNO3/c19-15-16(18(24)13-4-2-1-3-12(13)17(15)23)21-14(22)9-10-5-7-11(20)8-6-10/h1-8H,9H2,(H,21,22). The number of nitrogens with one attached hydrogen (secondary N) is 1. The Morgan fingerprint density at radius 2 is 1.54 bits per heavy atom. The van der Waals surface area contributed by atoms with Gasteiger partial charge < -0.3 is 5.32 Å². The molecule has 0 heterocycles. The van der Waals surface area contributed by atoms with E-state index in [2.05, 4.69) is 5.32 Å². The molecule has 0 saturated heterocycles. The first-order chi connectivity index (χ1) is 11.5. The molecule has 0 aliphatic heterocycles. The second-order valence-corrected chi connectivity index (χ2v) is 5.62. The second kappa shape index (κ2) is 6.37. The molecule has 0 aromatic heterocycles. The fourth-order valence-corrected chi connectivity index (χ4v) is 2.66. The number of benzene rings is 2. The Balaban J connectivity index is 1.83. The average Bonchev–Trinajstić information content (AvgIpc) is 2.59. The summed E-state index contributed by atoms with van der Waals surface area (Å²) in [6.45, 7) is 0. The van der Waals surface area contributed by atoms with E-state index in [-0.39, 0.29) is 28.3 Å². The Bertz CT molecular complexity index is 887. The van der Waals surface area contributed by atoms with Crippen molar-refractivity contribution in [3.05, 3.63) is 81.8 Å². The lowest BCUT2D eigenvalue weighted by atomic mass is 9.92. The van der Waals surface area contributed by atoms with Crippen LogP contribution in [-0.2, 0) is 11.2 Å². The van der Waals surface area contributed by atoms with E-state index in [1.807, 2.05) is 0 Å². The van der Waals surface area contributed by atoms with Crippen molar-refractivity contribution in [3.8, 4) is 0 Å². The van der Waals surface area contributed by atoms with Gasteiger partial charge in [0.05, 0.1) is 6.42 Å². The molecule has 0 saturated carbocycles. The summed E-state index contributed by atoms with van der Waals surface area (Å²) in [5.74, 6) is -1.95. The van der Waals surface area contributed by atoms with Crippen LogP contribution in [0.5, 0.6) is 0 Å². The molecule has 1 amide bonds. The van der Waals surface area contributed by atoms with E-state index < -0.39 is 23.3 Å². The maximum atomic E-state index is 12.9. The van der Waals surface area contributed by atoms with E-state index in [1.54, 1.807) is 12.1 Å². The molecule has 3 rings (SSSR count). The fourth-order valence-electron chi connectivity index (χ4n) is 2.43. The molecular weight excluding hydrogens is 333 g/mol. The third-order valence-electron chi connectivity index (χ3n) is 3.60. The van der Waals surface area contributed by atoms with Crippen LogP contribution in [0.25, 0.3) is 0 Å². The van der Waals surface area contributed by atoms with Crippen molar-refractivity contribution in [1.82, 2.24) is 5.32 Å². The van der Waals surface area contributed by atoms with E-state index >= 15 is 0 Å². The number of fused-ring (bicyclic) bond motifs is 1. The Labute approximate surface area is 141 Å². The molecule has 2 aromatic rings. The highest BCUT2D eigenvalue weighted by Gasteiger charge is 2.32. The van der Waals surface area contributed by atoms with Gasteiger partial charge in [-0.15, -0.1) is 0 Å². The highest BCUT2D eigenvalue weighted by atomic mass is 35.5. The summed E-state index contributed by atoms with van der Waals surface area (Å²) in [5.41, 5.74) is 0.751. The lowest BCUT2D eigenvalue weighted by Crippen LogP contribution is -2.33. The van der Waals surface area contributed by atoms with E-state index in [0.717, 1.165) is 0 Å². The summed E-state index contributed by atoms with van der Waals surface area (Å²) in [6, 6.07) is 11.7. The molecule has 1 aliphatic carbocycles. The molecule has 24 heavy (non-hydrogen) atoms. The van der Waals surface area contributed by atoms with Gasteiger partial charge >= 0.3 is 0 Å². The molecule has 0 spiro atoms.